The van der Waals surface area contributed by atoms with Gasteiger partial charge in [0.1, 0.15) is 5.50 Å². The molecule has 0 amide bonds. The standard InChI is InChI=1S/C15H10BrCl2N/c16-10-6-7-12-11(8-10)14(17)13(15(18)19-12)9-4-2-1-3-5-9/h1-8,15,19H. The molecule has 3 rings (SSSR count). The first-order valence-electron chi connectivity index (χ1n) is 5.82. The van der Waals surface area contributed by atoms with E-state index in [1.165, 1.54) is 0 Å². The molecular formula is C15H10BrCl2N. The van der Waals surface area contributed by atoms with Crippen molar-refractivity contribution in [2.45, 2.75) is 5.50 Å². The highest BCUT2D eigenvalue weighted by atomic mass is 79.9. The minimum absolute atomic E-state index is 0.330. The minimum atomic E-state index is -0.330. The summed E-state index contributed by atoms with van der Waals surface area (Å²) in [6.45, 7) is 0. The van der Waals surface area contributed by atoms with E-state index in [0.717, 1.165) is 26.9 Å². The van der Waals surface area contributed by atoms with Crippen molar-refractivity contribution in [3.8, 4) is 0 Å². The van der Waals surface area contributed by atoms with E-state index in [1.54, 1.807) is 0 Å². The molecule has 0 saturated heterocycles. The fourth-order valence-electron chi connectivity index (χ4n) is 2.18. The van der Waals surface area contributed by atoms with Crippen molar-refractivity contribution >= 4 is 55.4 Å². The molecule has 0 fully saturated rings. The topological polar surface area (TPSA) is 12.0 Å². The van der Waals surface area contributed by atoms with Crippen LogP contribution in [0.1, 0.15) is 11.1 Å². The average Bonchev–Trinajstić information content (AvgIpc) is 2.41. The second-order valence-corrected chi connectivity index (χ2v) is 6.02. The average molecular weight is 355 g/mol. The van der Waals surface area contributed by atoms with Gasteiger partial charge < -0.3 is 5.32 Å². The lowest BCUT2D eigenvalue weighted by atomic mass is 9.98. The van der Waals surface area contributed by atoms with Crippen molar-refractivity contribution < 1.29 is 0 Å². The molecule has 0 aromatic heterocycles. The van der Waals surface area contributed by atoms with E-state index in [-0.39, 0.29) is 5.50 Å². The lowest BCUT2D eigenvalue weighted by molar-refractivity contribution is 1.22. The zero-order valence-corrected chi connectivity index (χ0v) is 12.9. The summed E-state index contributed by atoms with van der Waals surface area (Å²) in [6, 6.07) is 15.9. The van der Waals surface area contributed by atoms with Gasteiger partial charge in [-0.1, -0.05) is 69.5 Å². The Balaban J connectivity index is 2.20. The van der Waals surface area contributed by atoms with E-state index in [1.807, 2.05) is 48.5 Å². The van der Waals surface area contributed by atoms with Crippen LogP contribution >= 0.6 is 39.1 Å². The maximum absolute atomic E-state index is 6.55. The third kappa shape index (κ3) is 2.40. The van der Waals surface area contributed by atoms with Crippen LogP contribution in [0.4, 0.5) is 5.69 Å². The molecular weight excluding hydrogens is 345 g/mol. The molecule has 1 N–H and O–H groups in total. The zero-order valence-electron chi connectivity index (χ0n) is 9.83. The van der Waals surface area contributed by atoms with E-state index in [0.29, 0.717) is 5.03 Å². The van der Waals surface area contributed by atoms with Crippen LogP contribution in [0.2, 0.25) is 0 Å². The minimum Gasteiger partial charge on any atom is -0.365 e. The Morgan fingerprint density at radius 1 is 1.05 bits per heavy atom. The first-order chi connectivity index (χ1) is 9.16. The van der Waals surface area contributed by atoms with E-state index in [4.69, 9.17) is 23.2 Å². The zero-order chi connectivity index (χ0) is 13.4. The summed E-state index contributed by atoms with van der Waals surface area (Å²) in [5.74, 6) is 0. The van der Waals surface area contributed by atoms with Crippen molar-refractivity contribution in [2.24, 2.45) is 0 Å². The number of nitrogens with one attached hydrogen (secondary N) is 1. The van der Waals surface area contributed by atoms with Gasteiger partial charge in [-0.25, -0.2) is 0 Å². The highest BCUT2D eigenvalue weighted by molar-refractivity contribution is 9.10. The fourth-order valence-corrected chi connectivity index (χ4v) is 3.32. The second-order valence-electron chi connectivity index (χ2n) is 4.29. The molecule has 1 aliphatic rings. The highest BCUT2D eigenvalue weighted by Crippen LogP contribution is 2.42. The number of halogens is 3. The number of hydrogen-bond acceptors (Lipinski definition) is 1. The van der Waals surface area contributed by atoms with Gasteiger partial charge in [0.2, 0.25) is 0 Å². The normalized spacial score (nSPS) is 17.9. The summed E-state index contributed by atoms with van der Waals surface area (Å²) in [5, 5.41) is 3.96. The summed E-state index contributed by atoms with van der Waals surface area (Å²) in [6.07, 6.45) is 0. The lowest BCUT2D eigenvalue weighted by Gasteiger charge is -2.26. The van der Waals surface area contributed by atoms with Crippen LogP contribution in [0, 0.1) is 0 Å². The molecule has 0 spiro atoms. The third-order valence-electron chi connectivity index (χ3n) is 3.08. The van der Waals surface area contributed by atoms with Crippen molar-refractivity contribution in [1.29, 1.82) is 0 Å². The maximum Gasteiger partial charge on any atom is 0.129 e. The fraction of sp³-hybridized carbons (Fsp3) is 0.0667. The molecule has 2 aromatic rings. The number of benzene rings is 2. The van der Waals surface area contributed by atoms with Crippen LogP contribution < -0.4 is 5.32 Å². The van der Waals surface area contributed by atoms with Gasteiger partial charge in [0.25, 0.3) is 0 Å². The molecule has 0 radical (unpaired) electrons. The Morgan fingerprint density at radius 3 is 2.53 bits per heavy atom. The molecule has 1 atom stereocenters. The molecule has 0 bridgehead atoms. The van der Waals surface area contributed by atoms with Gasteiger partial charge >= 0.3 is 0 Å². The highest BCUT2D eigenvalue weighted by Gasteiger charge is 2.25. The van der Waals surface area contributed by atoms with Gasteiger partial charge in [-0.2, -0.15) is 0 Å². The van der Waals surface area contributed by atoms with Gasteiger partial charge in [-0.3, -0.25) is 0 Å². The number of fused-ring (bicyclic) bond motifs is 1. The van der Waals surface area contributed by atoms with Crippen LogP contribution in [0.5, 0.6) is 0 Å². The quantitative estimate of drug-likeness (QED) is 0.523. The Hall–Kier alpha value is -0.960. The first kappa shape index (κ1) is 13.0. The second kappa shape index (κ2) is 5.20. The molecule has 19 heavy (non-hydrogen) atoms. The predicted molar refractivity (Wildman–Crippen MR) is 86.5 cm³/mol. The maximum atomic E-state index is 6.55. The Labute approximate surface area is 130 Å². The number of alkyl halides is 1. The number of hydrogen-bond donors (Lipinski definition) is 1. The first-order valence-corrected chi connectivity index (χ1v) is 7.43. The third-order valence-corrected chi connectivity index (χ3v) is 4.30. The monoisotopic (exact) mass is 353 g/mol. The number of anilines is 1. The largest absolute Gasteiger partial charge is 0.365 e. The van der Waals surface area contributed by atoms with E-state index < -0.39 is 0 Å². The van der Waals surface area contributed by atoms with Crippen LogP contribution in [0.3, 0.4) is 0 Å². The van der Waals surface area contributed by atoms with Crippen LogP contribution in [-0.2, 0) is 0 Å². The summed E-state index contributed by atoms with van der Waals surface area (Å²) >= 11 is 16.4. The van der Waals surface area contributed by atoms with Crippen molar-refractivity contribution in [3.05, 3.63) is 64.1 Å². The van der Waals surface area contributed by atoms with E-state index in [9.17, 15) is 0 Å². The molecule has 1 heterocycles. The molecule has 96 valence electrons. The summed E-state index contributed by atoms with van der Waals surface area (Å²) < 4.78 is 0.992. The van der Waals surface area contributed by atoms with Gasteiger partial charge in [0.05, 0.1) is 5.03 Å². The van der Waals surface area contributed by atoms with Crippen LogP contribution in [0.15, 0.2) is 53.0 Å². The van der Waals surface area contributed by atoms with Gasteiger partial charge in [-0.05, 0) is 23.8 Å². The van der Waals surface area contributed by atoms with Crippen LogP contribution in [-0.4, -0.2) is 5.50 Å². The number of rotatable bonds is 1. The smallest absolute Gasteiger partial charge is 0.129 e. The van der Waals surface area contributed by atoms with Crippen molar-refractivity contribution in [3.63, 3.8) is 0 Å². The van der Waals surface area contributed by atoms with Gasteiger partial charge in [-0.15, -0.1) is 0 Å². The Morgan fingerprint density at radius 2 is 1.79 bits per heavy atom. The summed E-state index contributed by atoms with van der Waals surface area (Å²) in [7, 11) is 0. The van der Waals surface area contributed by atoms with Crippen molar-refractivity contribution in [2.75, 3.05) is 5.32 Å². The predicted octanol–water partition coefficient (Wildman–Crippen LogP) is 5.55. The van der Waals surface area contributed by atoms with E-state index >= 15 is 0 Å². The molecule has 1 nitrogen and oxygen atoms in total. The Bertz CT molecular complexity index is 652. The van der Waals surface area contributed by atoms with Gasteiger partial charge in [0, 0.05) is 21.3 Å². The molecule has 0 aliphatic carbocycles. The van der Waals surface area contributed by atoms with Crippen molar-refractivity contribution in [1.82, 2.24) is 0 Å². The Kier molecular flexibility index (Phi) is 3.57. The SMILES string of the molecule is ClC1=C(c2ccccc2)C(Cl)Nc2ccc(Br)cc21. The van der Waals surface area contributed by atoms with E-state index in [2.05, 4.69) is 21.2 Å². The molecule has 0 saturated carbocycles. The lowest BCUT2D eigenvalue weighted by Crippen LogP contribution is -2.20. The van der Waals surface area contributed by atoms with Gasteiger partial charge in [0.15, 0.2) is 0 Å². The molecule has 1 unspecified atom stereocenters. The molecule has 4 heteroatoms. The summed E-state index contributed by atoms with van der Waals surface area (Å²) in [5.41, 5.74) is 3.53. The van der Waals surface area contributed by atoms with Crippen LogP contribution in [0.25, 0.3) is 10.6 Å². The molecule has 2 aromatic carbocycles. The summed E-state index contributed by atoms with van der Waals surface area (Å²) in [4.78, 5) is 0. The molecule has 1 aliphatic heterocycles.